The standard InChI is InChI=1S/C16H19N5.H2/c1-8-6-13(11(4)10(3)9(8)2)14-12(5)20-16-18-7-19-21(16)15(14)17;/h6-7H,17H2,1-5H3;1H/i;1+1. The maximum atomic E-state index is 6.32. The molecule has 0 aliphatic carbocycles. The molecule has 2 aromatic heterocycles. The minimum atomic E-state index is 0. The molecule has 0 saturated heterocycles. The number of hydrogen-bond acceptors (Lipinski definition) is 4. The SMILES string of the molecule is Cc1cc(-c2c(C)nc3ncnn3c2N)c(C)c(C)c1C.[2HH]. The second kappa shape index (κ2) is 4.55. The van der Waals surface area contributed by atoms with Crippen LogP contribution in [0.15, 0.2) is 12.4 Å². The molecular weight excluding hydrogens is 262 g/mol. The van der Waals surface area contributed by atoms with Gasteiger partial charge in [0.15, 0.2) is 0 Å². The fourth-order valence-electron chi connectivity index (χ4n) is 2.78. The number of nitrogens with zero attached hydrogens (tertiary/aromatic N) is 4. The number of anilines is 1. The number of benzene rings is 1. The Morgan fingerprint density at radius 1 is 1.05 bits per heavy atom. The zero-order valence-electron chi connectivity index (χ0n) is 13.0. The summed E-state index contributed by atoms with van der Waals surface area (Å²) in [6.07, 6.45) is 1.47. The Balaban J connectivity index is 0.00000176. The van der Waals surface area contributed by atoms with Gasteiger partial charge in [0.1, 0.15) is 12.1 Å². The van der Waals surface area contributed by atoms with E-state index in [1.54, 1.807) is 4.52 Å². The number of nitrogens with two attached hydrogens (primary N) is 1. The van der Waals surface area contributed by atoms with Crippen LogP contribution in [0.5, 0.6) is 0 Å². The van der Waals surface area contributed by atoms with Crippen molar-refractivity contribution in [2.45, 2.75) is 34.6 Å². The van der Waals surface area contributed by atoms with E-state index in [1.807, 2.05) is 6.92 Å². The molecule has 0 bridgehead atoms. The summed E-state index contributed by atoms with van der Waals surface area (Å²) in [6.45, 7) is 10.5. The van der Waals surface area contributed by atoms with E-state index in [9.17, 15) is 0 Å². The van der Waals surface area contributed by atoms with Crippen molar-refractivity contribution in [2.75, 3.05) is 5.73 Å². The van der Waals surface area contributed by atoms with Gasteiger partial charge in [0.2, 0.25) is 0 Å². The summed E-state index contributed by atoms with van der Waals surface area (Å²) in [5.74, 6) is 1.12. The van der Waals surface area contributed by atoms with Crippen LogP contribution in [0, 0.1) is 34.6 Å². The molecule has 0 radical (unpaired) electrons. The molecule has 2 heterocycles. The molecule has 3 rings (SSSR count). The highest BCUT2D eigenvalue weighted by atomic mass is 15.3. The maximum absolute atomic E-state index is 6.32. The quantitative estimate of drug-likeness (QED) is 0.745. The molecule has 0 amide bonds. The van der Waals surface area contributed by atoms with Crippen molar-refractivity contribution >= 4 is 11.6 Å². The minimum Gasteiger partial charge on any atom is -0.383 e. The van der Waals surface area contributed by atoms with E-state index in [4.69, 9.17) is 5.73 Å². The molecule has 0 aliphatic rings. The largest absolute Gasteiger partial charge is 0.383 e. The lowest BCUT2D eigenvalue weighted by molar-refractivity contribution is 0.943. The highest BCUT2D eigenvalue weighted by molar-refractivity contribution is 5.81. The number of fused-ring (bicyclic) bond motifs is 1. The van der Waals surface area contributed by atoms with Crippen molar-refractivity contribution in [1.82, 2.24) is 19.6 Å². The molecule has 5 nitrogen and oxygen atoms in total. The van der Waals surface area contributed by atoms with Crippen molar-refractivity contribution in [3.63, 3.8) is 0 Å². The Labute approximate surface area is 125 Å². The van der Waals surface area contributed by atoms with E-state index in [1.165, 1.54) is 28.6 Å². The highest BCUT2D eigenvalue weighted by Gasteiger charge is 2.17. The van der Waals surface area contributed by atoms with Gasteiger partial charge in [-0.15, -0.1) is 0 Å². The lowest BCUT2D eigenvalue weighted by Gasteiger charge is -2.17. The monoisotopic (exact) mass is 284 g/mol. The molecule has 1 aromatic carbocycles. The molecule has 5 heteroatoms. The predicted molar refractivity (Wildman–Crippen MR) is 86.4 cm³/mol. The van der Waals surface area contributed by atoms with Gasteiger partial charge in [0.25, 0.3) is 5.78 Å². The van der Waals surface area contributed by atoms with Crippen LogP contribution in [-0.2, 0) is 0 Å². The van der Waals surface area contributed by atoms with Crippen LogP contribution in [0.4, 0.5) is 5.82 Å². The van der Waals surface area contributed by atoms with E-state index in [-0.39, 0.29) is 1.43 Å². The second-order valence-electron chi connectivity index (χ2n) is 5.55. The molecule has 2 N–H and O–H groups in total. The highest BCUT2D eigenvalue weighted by Crippen LogP contribution is 2.34. The summed E-state index contributed by atoms with van der Waals surface area (Å²) in [6, 6.07) is 2.18. The van der Waals surface area contributed by atoms with E-state index in [2.05, 4.69) is 48.8 Å². The first-order chi connectivity index (χ1) is 9.91. The zero-order chi connectivity index (χ0) is 15.3. The van der Waals surface area contributed by atoms with E-state index in [0.29, 0.717) is 11.6 Å². The van der Waals surface area contributed by atoms with Crippen LogP contribution in [0.1, 0.15) is 29.4 Å². The van der Waals surface area contributed by atoms with Gasteiger partial charge in [-0.2, -0.15) is 14.6 Å². The summed E-state index contributed by atoms with van der Waals surface area (Å²) >= 11 is 0. The molecule has 3 aromatic rings. The Bertz CT molecular complexity index is 867. The minimum absolute atomic E-state index is 0. The van der Waals surface area contributed by atoms with Crippen molar-refractivity contribution < 1.29 is 1.43 Å². The molecule has 0 fully saturated rings. The Morgan fingerprint density at radius 3 is 2.48 bits per heavy atom. The number of rotatable bonds is 1. The summed E-state index contributed by atoms with van der Waals surface area (Å²) < 4.78 is 1.59. The average Bonchev–Trinajstić information content (AvgIpc) is 2.90. The molecule has 110 valence electrons. The van der Waals surface area contributed by atoms with Crippen molar-refractivity contribution in [3.05, 3.63) is 40.3 Å². The van der Waals surface area contributed by atoms with Gasteiger partial charge in [-0.1, -0.05) is 6.07 Å². The second-order valence-corrected chi connectivity index (χ2v) is 5.55. The average molecular weight is 284 g/mol. The van der Waals surface area contributed by atoms with Gasteiger partial charge in [-0.05, 0) is 62.4 Å². The lowest BCUT2D eigenvalue weighted by Crippen LogP contribution is -2.07. The topological polar surface area (TPSA) is 69.1 Å². The Morgan fingerprint density at radius 2 is 1.76 bits per heavy atom. The first-order valence-electron chi connectivity index (χ1n) is 6.95. The molecule has 0 aliphatic heterocycles. The van der Waals surface area contributed by atoms with Gasteiger partial charge < -0.3 is 5.73 Å². The van der Waals surface area contributed by atoms with Crippen LogP contribution in [0.2, 0.25) is 0 Å². The van der Waals surface area contributed by atoms with Crippen molar-refractivity contribution in [2.24, 2.45) is 0 Å². The predicted octanol–water partition coefficient (Wildman–Crippen LogP) is 3.16. The molecule has 0 saturated carbocycles. The fraction of sp³-hybridized carbons (Fsp3) is 0.312. The Kier molecular flexibility index (Phi) is 2.93. The molecule has 0 spiro atoms. The van der Waals surface area contributed by atoms with Crippen molar-refractivity contribution in [1.29, 1.82) is 0 Å². The van der Waals surface area contributed by atoms with Gasteiger partial charge in [0, 0.05) is 6.99 Å². The fourth-order valence-corrected chi connectivity index (χ4v) is 2.78. The third-order valence-electron chi connectivity index (χ3n) is 4.39. The van der Waals surface area contributed by atoms with Gasteiger partial charge in [-0.25, -0.2) is 4.98 Å². The first-order valence-corrected chi connectivity index (χ1v) is 6.95. The molecule has 0 atom stereocenters. The van der Waals surface area contributed by atoms with Crippen molar-refractivity contribution in [3.8, 4) is 11.1 Å². The number of aromatic nitrogens is 4. The van der Waals surface area contributed by atoms with E-state index >= 15 is 0 Å². The zero-order valence-corrected chi connectivity index (χ0v) is 13.0. The summed E-state index contributed by atoms with van der Waals surface area (Å²) in [5.41, 5.74) is 14.4. The van der Waals surface area contributed by atoms with Crippen LogP contribution in [0.3, 0.4) is 0 Å². The third-order valence-corrected chi connectivity index (χ3v) is 4.39. The Hall–Kier alpha value is -2.43. The molecular formula is C16H21N5. The smallest absolute Gasteiger partial charge is 0.254 e. The summed E-state index contributed by atoms with van der Waals surface area (Å²) in [4.78, 5) is 8.61. The lowest BCUT2D eigenvalue weighted by atomic mass is 9.90. The van der Waals surface area contributed by atoms with Gasteiger partial charge >= 0.3 is 0 Å². The van der Waals surface area contributed by atoms with Crippen LogP contribution >= 0.6 is 0 Å². The number of nitrogen functional groups attached to an aromatic ring is 1. The first kappa shape index (κ1) is 13.5. The normalized spacial score (nSPS) is 11.3. The van der Waals surface area contributed by atoms with E-state index in [0.717, 1.165) is 16.8 Å². The molecule has 21 heavy (non-hydrogen) atoms. The number of hydrogen-bond donors (Lipinski definition) is 1. The molecule has 0 unspecified atom stereocenters. The summed E-state index contributed by atoms with van der Waals surface area (Å²) in [5, 5.41) is 4.16. The van der Waals surface area contributed by atoms with Gasteiger partial charge in [0.05, 0.1) is 5.69 Å². The maximum Gasteiger partial charge on any atom is 0.254 e. The van der Waals surface area contributed by atoms with Gasteiger partial charge in [-0.3, -0.25) is 0 Å². The van der Waals surface area contributed by atoms with E-state index < -0.39 is 0 Å². The summed E-state index contributed by atoms with van der Waals surface area (Å²) in [7, 11) is 0. The van der Waals surface area contributed by atoms with Crippen LogP contribution in [-0.4, -0.2) is 19.6 Å². The number of aryl methyl sites for hydroxylation is 2. The van der Waals surface area contributed by atoms with Crippen LogP contribution in [0.25, 0.3) is 16.9 Å². The van der Waals surface area contributed by atoms with Crippen LogP contribution < -0.4 is 5.73 Å². The third kappa shape index (κ3) is 1.88.